The van der Waals surface area contributed by atoms with Gasteiger partial charge in [0.25, 0.3) is 6.33 Å². The third-order valence-corrected chi connectivity index (χ3v) is 12.3. The van der Waals surface area contributed by atoms with E-state index in [1.54, 1.807) is 39.5 Å². The quantitative estimate of drug-likeness (QED) is 0.0906. The van der Waals surface area contributed by atoms with Crippen molar-refractivity contribution in [2.75, 3.05) is 4.90 Å². The summed E-state index contributed by atoms with van der Waals surface area (Å²) in [5.41, 5.74) is 7.97. The van der Waals surface area contributed by atoms with Gasteiger partial charge in [-0.3, -0.25) is 4.57 Å². The first kappa shape index (κ1) is 31.3. The SMILES string of the molecule is [2H]c1c([2H])c([2H])c(-c2cccc(-c3c([2H])c([2H])c([2H])c([2H])c3[2H])c2-[n+]2[c-]n(-c3[c-]c(Oc4[c-]c5c6c(c4)Oc4cccc7c4B6c4c(cccc4N5c4[c-]ccc(C(C)(C)C)c4)O7)ccc3)c3ccccc32)c([2H])c1[2H].[Pt+4]. The molecule has 0 saturated carbocycles. The van der Waals surface area contributed by atoms with Crippen LogP contribution in [-0.2, 0) is 26.5 Å². The molecular weight excluding hydrogens is 1000 g/mol. The Morgan fingerprint density at radius 3 is 2.01 bits per heavy atom. The Labute approximate surface area is 418 Å². The van der Waals surface area contributed by atoms with Gasteiger partial charge in [-0.15, -0.1) is 29.7 Å². The molecule has 0 atom stereocenters. The van der Waals surface area contributed by atoms with Crippen molar-refractivity contribution in [1.82, 2.24) is 4.57 Å². The number of imidazole rings is 1. The Bertz CT molecular complexity index is 4060. The molecule has 3 aliphatic heterocycles. The van der Waals surface area contributed by atoms with Gasteiger partial charge >= 0.3 is 21.1 Å². The minimum Gasteiger partial charge on any atom is -0.510 e. The maximum atomic E-state index is 9.06. The van der Waals surface area contributed by atoms with Gasteiger partial charge in [0.2, 0.25) is 0 Å². The Morgan fingerprint density at radius 1 is 0.627 bits per heavy atom. The second kappa shape index (κ2) is 15.8. The van der Waals surface area contributed by atoms with Crippen LogP contribution in [0.15, 0.2) is 182 Å². The number of nitrogens with zero attached hydrogens (tertiary/aromatic N) is 3. The Morgan fingerprint density at radius 2 is 1.28 bits per heavy atom. The van der Waals surface area contributed by atoms with E-state index in [-0.39, 0.29) is 61.1 Å². The fourth-order valence-corrected chi connectivity index (χ4v) is 9.42. The number of fused-ring (bicyclic) bond motifs is 1. The number of aromatic nitrogens is 2. The van der Waals surface area contributed by atoms with Crippen LogP contribution in [0.25, 0.3) is 44.7 Å². The van der Waals surface area contributed by atoms with Crippen LogP contribution in [0.2, 0.25) is 0 Å². The van der Waals surface area contributed by atoms with Crippen molar-refractivity contribution in [3.8, 4) is 68.1 Å². The summed E-state index contributed by atoms with van der Waals surface area (Å²) < 4.78 is 111. The molecule has 10 aromatic rings. The van der Waals surface area contributed by atoms with Crippen molar-refractivity contribution in [2.45, 2.75) is 26.2 Å². The molecule has 4 heterocycles. The third kappa shape index (κ3) is 6.63. The first-order chi connectivity index (χ1) is 36.5. The molecule has 8 heteroatoms. The average molecular weight is 1050 g/mol. The summed E-state index contributed by atoms with van der Waals surface area (Å²) >= 11 is 0. The number of anilines is 3. The van der Waals surface area contributed by atoms with Gasteiger partial charge < -0.3 is 23.7 Å². The molecule has 3 aliphatic rings. The van der Waals surface area contributed by atoms with Crippen molar-refractivity contribution < 1.29 is 53.6 Å². The van der Waals surface area contributed by atoms with Crippen molar-refractivity contribution in [1.29, 1.82) is 0 Å². The fourth-order valence-electron chi connectivity index (χ4n) is 9.42. The first-order valence-corrected chi connectivity index (χ1v) is 21.5. The van der Waals surface area contributed by atoms with Gasteiger partial charge in [-0.05, 0) is 68.5 Å². The standard InChI is InChI=1S/C59H39BN3O3.Pt/c1-59(2,3)40-21-12-23-42(33-40)63-49-29-15-30-51-55(49)60-56-50(63)35-44(36-54(56)66-53-32-16-31-52(65-51)57(53)60)64-43-24-13-22-41(34-43)61-37-62(48-28-11-10-27-47(48)61)58-45(38-17-6-4-7-18-38)25-14-26-46(58)39-19-8-5-9-20-39;/h4-22,24-33,36H,1-3H3;/q-3;+4/i4D,5D,6D,7D,8D,9D,17D,18D,19D,20D;. The van der Waals surface area contributed by atoms with Crippen LogP contribution < -0.4 is 40.1 Å². The monoisotopic (exact) mass is 1050 g/mol. The summed E-state index contributed by atoms with van der Waals surface area (Å²) in [7, 11) is 0. The van der Waals surface area contributed by atoms with E-state index in [4.69, 9.17) is 27.9 Å². The predicted molar refractivity (Wildman–Crippen MR) is 262 cm³/mol. The van der Waals surface area contributed by atoms with E-state index in [0.717, 1.165) is 50.5 Å². The third-order valence-electron chi connectivity index (χ3n) is 12.3. The number of ether oxygens (including phenoxy) is 3. The van der Waals surface area contributed by atoms with E-state index in [0.29, 0.717) is 39.7 Å². The van der Waals surface area contributed by atoms with Gasteiger partial charge in [0.15, 0.2) is 6.71 Å². The molecule has 67 heavy (non-hydrogen) atoms. The molecule has 0 spiro atoms. The van der Waals surface area contributed by atoms with Gasteiger partial charge in [-0.2, -0.15) is 35.9 Å². The summed E-state index contributed by atoms with van der Waals surface area (Å²) in [6.45, 7) is 6.31. The van der Waals surface area contributed by atoms with Gasteiger partial charge in [-0.1, -0.05) is 153 Å². The second-order valence-electron chi connectivity index (χ2n) is 17.3. The molecule has 1 aromatic heterocycles. The van der Waals surface area contributed by atoms with E-state index in [1.807, 2.05) is 72.8 Å². The molecule has 13 rings (SSSR count). The van der Waals surface area contributed by atoms with Crippen LogP contribution in [0, 0.1) is 24.5 Å². The predicted octanol–water partition coefficient (Wildman–Crippen LogP) is 12.0. The molecule has 9 aromatic carbocycles. The average Bonchev–Trinajstić information content (AvgIpc) is 3.83. The van der Waals surface area contributed by atoms with Crippen LogP contribution in [0.3, 0.4) is 0 Å². The zero-order chi connectivity index (χ0) is 52.8. The summed E-state index contributed by atoms with van der Waals surface area (Å²) in [6, 6.07) is 42.6. The first-order valence-electron chi connectivity index (χ1n) is 26.5. The summed E-state index contributed by atoms with van der Waals surface area (Å²) in [5.74, 6) is 3.41. The molecule has 0 bridgehead atoms. The van der Waals surface area contributed by atoms with Crippen LogP contribution in [-0.4, -0.2) is 11.3 Å². The summed E-state index contributed by atoms with van der Waals surface area (Å²) in [6.07, 6.45) is 3.42. The van der Waals surface area contributed by atoms with E-state index in [9.17, 15) is 0 Å². The number of rotatable bonds is 7. The smallest absolute Gasteiger partial charge is 0.510 e. The topological polar surface area (TPSA) is 39.7 Å². The fraction of sp³-hybridized carbons (Fsp3) is 0.0678. The maximum Gasteiger partial charge on any atom is 4.00 e. The van der Waals surface area contributed by atoms with Crippen molar-refractivity contribution >= 4 is 51.2 Å². The minimum atomic E-state index is -0.579. The Kier molecular flexibility index (Phi) is 7.39. The largest absolute Gasteiger partial charge is 4.00 e. The zero-order valence-electron chi connectivity index (χ0n) is 46.0. The Hall–Kier alpha value is -7.60. The summed E-state index contributed by atoms with van der Waals surface area (Å²) in [4.78, 5) is 2.14. The maximum absolute atomic E-state index is 9.06. The molecule has 0 amide bonds. The van der Waals surface area contributed by atoms with Crippen LogP contribution >= 0.6 is 0 Å². The van der Waals surface area contributed by atoms with Crippen LogP contribution in [0.1, 0.15) is 40.0 Å². The molecule has 0 unspecified atom stereocenters. The molecule has 0 N–H and O–H groups in total. The van der Waals surface area contributed by atoms with E-state index in [1.165, 1.54) is 0 Å². The Balaban J connectivity index is 0.00000596. The van der Waals surface area contributed by atoms with Crippen LogP contribution in [0.5, 0.6) is 34.5 Å². The van der Waals surface area contributed by atoms with E-state index in [2.05, 4.69) is 68.4 Å². The van der Waals surface area contributed by atoms with E-state index >= 15 is 0 Å². The molecule has 0 fully saturated rings. The van der Waals surface area contributed by atoms with Gasteiger partial charge in [0.1, 0.15) is 17.2 Å². The van der Waals surface area contributed by atoms with Gasteiger partial charge in [0, 0.05) is 22.9 Å². The molecule has 320 valence electrons. The van der Waals surface area contributed by atoms with Crippen LogP contribution in [0.4, 0.5) is 17.1 Å². The van der Waals surface area contributed by atoms with Crippen molar-refractivity contribution in [3.63, 3.8) is 0 Å². The number of hydrogen-bond donors (Lipinski definition) is 0. The molecule has 6 nitrogen and oxygen atoms in total. The second-order valence-corrected chi connectivity index (χ2v) is 17.3. The summed E-state index contributed by atoms with van der Waals surface area (Å²) in [5, 5.41) is 0. The van der Waals surface area contributed by atoms with Crippen molar-refractivity contribution in [2.24, 2.45) is 0 Å². The molecule has 0 aliphatic carbocycles. The van der Waals surface area contributed by atoms with Crippen molar-refractivity contribution in [3.05, 3.63) is 212 Å². The van der Waals surface area contributed by atoms with Gasteiger partial charge in [0.05, 0.1) is 30.4 Å². The number of hydrogen-bond acceptors (Lipinski definition) is 4. The molecule has 0 radical (unpaired) electrons. The number of benzene rings is 9. The number of para-hydroxylation sites is 3. The molecule has 0 saturated heterocycles. The zero-order valence-corrected chi connectivity index (χ0v) is 38.3. The van der Waals surface area contributed by atoms with Gasteiger partial charge in [-0.25, -0.2) is 0 Å². The van der Waals surface area contributed by atoms with E-state index < -0.39 is 60.4 Å². The molecular formula is C59H39BN3O3Pt+. The minimum absolute atomic E-state index is 0. The normalized spacial score (nSPS) is 14.9.